The van der Waals surface area contributed by atoms with Gasteiger partial charge in [0.2, 0.25) is 0 Å². The minimum Gasteiger partial charge on any atom is -0.379 e. The lowest BCUT2D eigenvalue weighted by molar-refractivity contribution is 0.0874. The summed E-state index contributed by atoms with van der Waals surface area (Å²) in [5.74, 6) is 0.384. The molecule has 0 bridgehead atoms. The van der Waals surface area contributed by atoms with Gasteiger partial charge in [0.15, 0.2) is 0 Å². The highest BCUT2D eigenvalue weighted by atomic mass is 16.5. The third-order valence-electron chi connectivity index (χ3n) is 5.03. The third-order valence-corrected chi connectivity index (χ3v) is 5.03. The molecule has 2 aromatic rings. The Morgan fingerprint density at radius 1 is 1.04 bits per heavy atom. The molecule has 2 aromatic carbocycles. The monoisotopic (exact) mass is 323 g/mol. The van der Waals surface area contributed by atoms with Gasteiger partial charge < -0.3 is 9.64 Å². The Labute approximate surface area is 146 Å². The molecule has 0 aliphatic carbocycles. The predicted molar refractivity (Wildman–Crippen MR) is 103 cm³/mol. The normalized spacial score (nSPS) is 17.0. The highest BCUT2D eigenvalue weighted by molar-refractivity contribution is 5.86. The SMILES string of the molecule is C=CCC(COCCN1CCCCC1)c1cccc2ccccc12. The minimum absolute atomic E-state index is 0.384. The van der Waals surface area contributed by atoms with E-state index in [1.54, 1.807) is 0 Å². The van der Waals surface area contributed by atoms with E-state index in [0.717, 1.165) is 26.2 Å². The van der Waals surface area contributed by atoms with E-state index < -0.39 is 0 Å². The van der Waals surface area contributed by atoms with Gasteiger partial charge in [0, 0.05) is 12.5 Å². The second-order valence-electron chi connectivity index (χ2n) is 6.77. The summed E-state index contributed by atoms with van der Waals surface area (Å²) in [6.45, 7) is 9.09. The van der Waals surface area contributed by atoms with Crippen LogP contribution in [0.25, 0.3) is 10.8 Å². The molecular weight excluding hydrogens is 294 g/mol. The number of benzene rings is 2. The fourth-order valence-corrected chi connectivity index (χ4v) is 3.69. The maximum atomic E-state index is 6.06. The van der Waals surface area contributed by atoms with Crippen molar-refractivity contribution < 1.29 is 4.74 Å². The van der Waals surface area contributed by atoms with Crippen molar-refractivity contribution in [2.75, 3.05) is 32.8 Å². The summed E-state index contributed by atoms with van der Waals surface area (Å²) in [6.07, 6.45) is 7.04. The van der Waals surface area contributed by atoms with Crippen LogP contribution in [0.1, 0.15) is 37.2 Å². The number of allylic oxidation sites excluding steroid dienone is 1. The van der Waals surface area contributed by atoms with Crippen LogP contribution in [-0.2, 0) is 4.74 Å². The van der Waals surface area contributed by atoms with Crippen molar-refractivity contribution in [3.63, 3.8) is 0 Å². The van der Waals surface area contributed by atoms with Gasteiger partial charge in [-0.25, -0.2) is 0 Å². The smallest absolute Gasteiger partial charge is 0.0593 e. The fourth-order valence-electron chi connectivity index (χ4n) is 3.69. The maximum Gasteiger partial charge on any atom is 0.0593 e. The molecule has 0 amide bonds. The molecule has 0 N–H and O–H groups in total. The Kier molecular flexibility index (Phi) is 6.45. The number of fused-ring (bicyclic) bond motifs is 1. The average molecular weight is 323 g/mol. The van der Waals surface area contributed by atoms with Gasteiger partial charge >= 0.3 is 0 Å². The summed E-state index contributed by atoms with van der Waals surface area (Å²) in [4.78, 5) is 2.53. The van der Waals surface area contributed by atoms with Gasteiger partial charge in [0.25, 0.3) is 0 Å². The summed E-state index contributed by atoms with van der Waals surface area (Å²) >= 11 is 0. The first kappa shape index (κ1) is 17.2. The Morgan fingerprint density at radius 3 is 2.67 bits per heavy atom. The van der Waals surface area contributed by atoms with E-state index in [4.69, 9.17) is 4.74 Å². The number of likely N-dealkylation sites (tertiary alicyclic amines) is 1. The van der Waals surface area contributed by atoms with E-state index >= 15 is 0 Å². The summed E-state index contributed by atoms with van der Waals surface area (Å²) in [7, 11) is 0. The molecule has 0 spiro atoms. The van der Waals surface area contributed by atoms with Gasteiger partial charge in [-0.2, -0.15) is 0 Å². The molecule has 128 valence electrons. The zero-order valence-corrected chi connectivity index (χ0v) is 14.6. The van der Waals surface area contributed by atoms with Gasteiger partial charge in [-0.15, -0.1) is 6.58 Å². The Morgan fingerprint density at radius 2 is 1.83 bits per heavy atom. The number of hydrogen-bond acceptors (Lipinski definition) is 2. The number of hydrogen-bond donors (Lipinski definition) is 0. The summed E-state index contributed by atoms with van der Waals surface area (Å²) in [5.41, 5.74) is 1.38. The van der Waals surface area contributed by atoms with E-state index in [2.05, 4.69) is 53.9 Å². The first-order valence-electron chi connectivity index (χ1n) is 9.27. The highest BCUT2D eigenvalue weighted by Gasteiger charge is 2.14. The van der Waals surface area contributed by atoms with Crippen molar-refractivity contribution in [1.29, 1.82) is 0 Å². The van der Waals surface area contributed by atoms with Crippen molar-refractivity contribution in [3.8, 4) is 0 Å². The lowest BCUT2D eigenvalue weighted by Crippen LogP contribution is -2.32. The van der Waals surface area contributed by atoms with Crippen LogP contribution in [0.5, 0.6) is 0 Å². The second-order valence-corrected chi connectivity index (χ2v) is 6.77. The van der Waals surface area contributed by atoms with Crippen LogP contribution in [0.3, 0.4) is 0 Å². The summed E-state index contributed by atoms with van der Waals surface area (Å²) < 4.78 is 6.06. The molecule has 1 aliphatic heterocycles. The summed E-state index contributed by atoms with van der Waals surface area (Å²) in [5, 5.41) is 2.64. The van der Waals surface area contributed by atoms with Crippen molar-refractivity contribution >= 4 is 10.8 Å². The first-order valence-corrected chi connectivity index (χ1v) is 9.27. The standard InChI is InChI=1S/C22H29NO/c1-2-9-20(18-24-17-16-23-14-6-3-7-15-23)22-13-8-11-19-10-4-5-12-21(19)22/h2,4-5,8,10-13,20H,1,3,6-7,9,14-18H2. The van der Waals surface area contributed by atoms with Crippen molar-refractivity contribution in [3.05, 3.63) is 60.7 Å². The Bertz CT molecular complexity index is 640. The molecule has 0 aromatic heterocycles. The lowest BCUT2D eigenvalue weighted by atomic mass is 9.91. The molecule has 2 nitrogen and oxygen atoms in total. The quantitative estimate of drug-likeness (QED) is 0.500. The van der Waals surface area contributed by atoms with Crippen LogP contribution in [0.2, 0.25) is 0 Å². The number of rotatable bonds is 8. The molecule has 2 heteroatoms. The Balaban J connectivity index is 1.60. The highest BCUT2D eigenvalue weighted by Crippen LogP contribution is 2.28. The van der Waals surface area contributed by atoms with Gasteiger partial charge in [-0.3, -0.25) is 0 Å². The molecular formula is C22H29NO. The predicted octanol–water partition coefficient (Wildman–Crippen LogP) is 5.00. The summed E-state index contributed by atoms with van der Waals surface area (Å²) in [6, 6.07) is 15.2. The molecule has 1 unspecified atom stereocenters. The number of ether oxygens (including phenoxy) is 1. The van der Waals surface area contributed by atoms with E-state index in [0.29, 0.717) is 5.92 Å². The molecule has 24 heavy (non-hydrogen) atoms. The molecule has 0 saturated carbocycles. The van der Waals surface area contributed by atoms with E-state index in [-0.39, 0.29) is 0 Å². The van der Waals surface area contributed by atoms with Gasteiger partial charge in [0.05, 0.1) is 13.2 Å². The molecule has 1 saturated heterocycles. The molecule has 1 heterocycles. The lowest BCUT2D eigenvalue weighted by Gasteiger charge is -2.26. The van der Waals surface area contributed by atoms with Gasteiger partial charge in [-0.1, -0.05) is 55.0 Å². The zero-order valence-electron chi connectivity index (χ0n) is 14.6. The zero-order chi connectivity index (χ0) is 16.6. The van der Waals surface area contributed by atoms with Crippen LogP contribution in [-0.4, -0.2) is 37.7 Å². The van der Waals surface area contributed by atoms with Gasteiger partial charge in [0.1, 0.15) is 0 Å². The van der Waals surface area contributed by atoms with Crippen molar-refractivity contribution in [2.45, 2.75) is 31.6 Å². The maximum absolute atomic E-state index is 6.06. The number of nitrogens with zero attached hydrogens (tertiary/aromatic N) is 1. The molecule has 1 aliphatic rings. The minimum atomic E-state index is 0.384. The Hall–Kier alpha value is -1.64. The topological polar surface area (TPSA) is 12.5 Å². The average Bonchev–Trinajstić information content (AvgIpc) is 2.65. The molecule has 0 radical (unpaired) electrons. The van der Waals surface area contributed by atoms with E-state index in [1.165, 1.54) is 48.7 Å². The molecule has 3 rings (SSSR count). The molecule has 1 atom stereocenters. The third kappa shape index (κ3) is 4.46. The van der Waals surface area contributed by atoms with Crippen molar-refractivity contribution in [2.24, 2.45) is 0 Å². The van der Waals surface area contributed by atoms with Crippen LogP contribution < -0.4 is 0 Å². The van der Waals surface area contributed by atoms with Crippen molar-refractivity contribution in [1.82, 2.24) is 4.90 Å². The molecule has 1 fully saturated rings. The second kappa shape index (κ2) is 9.00. The fraction of sp³-hybridized carbons (Fsp3) is 0.455. The van der Waals surface area contributed by atoms with Crippen LogP contribution in [0, 0.1) is 0 Å². The number of piperidine rings is 1. The van der Waals surface area contributed by atoms with Crippen LogP contribution in [0.4, 0.5) is 0 Å². The van der Waals surface area contributed by atoms with Crippen LogP contribution >= 0.6 is 0 Å². The first-order chi connectivity index (χ1) is 11.9. The van der Waals surface area contributed by atoms with Gasteiger partial charge in [-0.05, 0) is 48.7 Å². The van der Waals surface area contributed by atoms with E-state index in [9.17, 15) is 0 Å². The van der Waals surface area contributed by atoms with Crippen LogP contribution in [0.15, 0.2) is 55.1 Å². The van der Waals surface area contributed by atoms with E-state index in [1.807, 2.05) is 6.08 Å². The largest absolute Gasteiger partial charge is 0.379 e.